The maximum Gasteiger partial charge on any atom is 0.254 e. The first-order chi connectivity index (χ1) is 14.7. The van der Waals surface area contributed by atoms with Crippen LogP contribution in [-0.2, 0) is 4.74 Å². The molecule has 0 bridgehead atoms. The number of likely N-dealkylation sites (tertiary alicyclic amines) is 1. The number of benzene rings is 1. The molecular weight excluding hydrogens is 394 g/mol. The van der Waals surface area contributed by atoms with Gasteiger partial charge in [0.2, 0.25) is 0 Å². The number of piperazine rings is 1. The second kappa shape index (κ2) is 8.69. The molecule has 2 aromatic rings. The molecular formula is C24H31N3O2S. The van der Waals surface area contributed by atoms with Gasteiger partial charge in [-0.1, -0.05) is 18.2 Å². The van der Waals surface area contributed by atoms with Crippen LogP contribution < -0.4 is 4.90 Å². The minimum Gasteiger partial charge on any atom is -0.375 e. The predicted octanol–water partition coefficient (Wildman–Crippen LogP) is 3.72. The first kappa shape index (κ1) is 20.0. The van der Waals surface area contributed by atoms with Gasteiger partial charge >= 0.3 is 0 Å². The van der Waals surface area contributed by atoms with Gasteiger partial charge < -0.3 is 14.5 Å². The highest BCUT2D eigenvalue weighted by atomic mass is 32.1. The maximum atomic E-state index is 12.7. The normalized spacial score (nSPS) is 24.9. The van der Waals surface area contributed by atoms with Crippen LogP contribution in [0.2, 0.25) is 0 Å². The van der Waals surface area contributed by atoms with Gasteiger partial charge in [-0.3, -0.25) is 9.69 Å². The summed E-state index contributed by atoms with van der Waals surface area (Å²) in [6.45, 7) is 6.90. The molecule has 0 N–H and O–H groups in total. The molecule has 1 amide bonds. The number of carbonyl (C=O) groups excluding carboxylic acids is 1. The Morgan fingerprint density at radius 3 is 2.47 bits per heavy atom. The van der Waals surface area contributed by atoms with Gasteiger partial charge in [-0.2, -0.15) is 11.3 Å². The van der Waals surface area contributed by atoms with Crippen LogP contribution >= 0.6 is 11.3 Å². The summed E-state index contributed by atoms with van der Waals surface area (Å²) in [5.74, 6) is 0.176. The largest absolute Gasteiger partial charge is 0.375 e. The van der Waals surface area contributed by atoms with Crippen molar-refractivity contribution in [2.45, 2.75) is 37.3 Å². The number of hydrogen-bond donors (Lipinski definition) is 0. The molecule has 0 radical (unpaired) electrons. The SMILES string of the molecule is O=C(c1ccsc1)N1CCC2(CC1)C[C@@H](N1CCN(c3ccccc3)CC1)CCO2. The van der Waals surface area contributed by atoms with Crippen molar-refractivity contribution >= 4 is 22.9 Å². The van der Waals surface area contributed by atoms with Gasteiger partial charge in [0.15, 0.2) is 0 Å². The van der Waals surface area contributed by atoms with E-state index in [2.05, 4.69) is 40.1 Å². The van der Waals surface area contributed by atoms with Gasteiger partial charge in [-0.25, -0.2) is 0 Å². The average molecular weight is 426 g/mol. The Labute approximate surface area is 183 Å². The Bertz CT molecular complexity index is 825. The molecule has 3 aliphatic rings. The van der Waals surface area contributed by atoms with Crippen LogP contribution in [0.25, 0.3) is 0 Å². The van der Waals surface area contributed by atoms with E-state index in [1.165, 1.54) is 5.69 Å². The second-order valence-electron chi connectivity index (χ2n) is 8.84. The van der Waals surface area contributed by atoms with Crippen LogP contribution in [0.3, 0.4) is 0 Å². The number of anilines is 1. The number of ether oxygens (including phenoxy) is 1. The first-order valence-electron chi connectivity index (χ1n) is 11.2. The Kier molecular flexibility index (Phi) is 5.81. The zero-order valence-corrected chi connectivity index (χ0v) is 18.4. The van der Waals surface area contributed by atoms with E-state index in [-0.39, 0.29) is 11.5 Å². The van der Waals surface area contributed by atoms with Gasteiger partial charge in [-0.15, -0.1) is 0 Å². The van der Waals surface area contributed by atoms with Gasteiger partial charge in [0.05, 0.1) is 11.2 Å². The molecule has 6 heteroatoms. The number of amides is 1. The Morgan fingerprint density at radius 1 is 1.00 bits per heavy atom. The van der Waals surface area contributed by atoms with Crippen LogP contribution in [0.5, 0.6) is 0 Å². The Hall–Kier alpha value is -1.89. The third-order valence-corrected chi connectivity index (χ3v) is 7.83. The summed E-state index contributed by atoms with van der Waals surface area (Å²) >= 11 is 1.59. The summed E-state index contributed by atoms with van der Waals surface area (Å²) < 4.78 is 6.36. The summed E-state index contributed by atoms with van der Waals surface area (Å²) in [7, 11) is 0. The quantitative estimate of drug-likeness (QED) is 0.751. The summed E-state index contributed by atoms with van der Waals surface area (Å²) in [6, 6.07) is 13.3. The fraction of sp³-hybridized carbons (Fsp3) is 0.542. The molecule has 1 atom stereocenters. The topological polar surface area (TPSA) is 36.0 Å². The number of thiophene rings is 1. The molecule has 4 heterocycles. The molecule has 0 saturated carbocycles. The number of piperidine rings is 1. The molecule has 0 unspecified atom stereocenters. The summed E-state index contributed by atoms with van der Waals surface area (Å²) in [5, 5.41) is 3.93. The lowest BCUT2D eigenvalue weighted by atomic mass is 9.81. The zero-order chi connectivity index (χ0) is 20.4. The van der Waals surface area contributed by atoms with Crippen molar-refractivity contribution in [1.82, 2.24) is 9.80 Å². The van der Waals surface area contributed by atoms with E-state index in [9.17, 15) is 4.79 Å². The predicted molar refractivity (Wildman–Crippen MR) is 121 cm³/mol. The fourth-order valence-corrected chi connectivity index (χ4v) is 5.96. The van der Waals surface area contributed by atoms with Gasteiger partial charge in [-0.05, 0) is 49.3 Å². The monoisotopic (exact) mass is 425 g/mol. The third kappa shape index (κ3) is 4.13. The number of para-hydroxylation sites is 1. The van der Waals surface area contributed by atoms with E-state index in [1.807, 2.05) is 21.7 Å². The number of hydrogen-bond acceptors (Lipinski definition) is 5. The zero-order valence-electron chi connectivity index (χ0n) is 17.5. The van der Waals surface area contributed by atoms with Crippen LogP contribution in [0, 0.1) is 0 Å². The number of rotatable bonds is 3. The van der Waals surface area contributed by atoms with E-state index >= 15 is 0 Å². The molecule has 160 valence electrons. The minimum absolute atomic E-state index is 0.0368. The smallest absolute Gasteiger partial charge is 0.254 e. The van der Waals surface area contributed by atoms with Gasteiger partial charge in [0.25, 0.3) is 5.91 Å². The Balaban J connectivity index is 1.15. The molecule has 30 heavy (non-hydrogen) atoms. The van der Waals surface area contributed by atoms with E-state index in [0.29, 0.717) is 6.04 Å². The van der Waals surface area contributed by atoms with Crippen molar-refractivity contribution in [3.05, 3.63) is 52.7 Å². The molecule has 0 aliphatic carbocycles. The number of carbonyl (C=O) groups is 1. The van der Waals surface area contributed by atoms with Crippen molar-refractivity contribution in [1.29, 1.82) is 0 Å². The van der Waals surface area contributed by atoms with Crippen LogP contribution in [0.15, 0.2) is 47.2 Å². The second-order valence-corrected chi connectivity index (χ2v) is 9.62. The Morgan fingerprint density at radius 2 is 1.77 bits per heavy atom. The lowest BCUT2D eigenvalue weighted by Crippen LogP contribution is -2.57. The molecule has 1 aromatic heterocycles. The summed E-state index contributed by atoms with van der Waals surface area (Å²) in [6.07, 6.45) is 4.16. The van der Waals surface area contributed by atoms with Gasteiger partial charge in [0, 0.05) is 63.0 Å². The van der Waals surface area contributed by atoms with Crippen LogP contribution in [0.1, 0.15) is 36.0 Å². The summed E-state index contributed by atoms with van der Waals surface area (Å²) in [4.78, 5) is 19.9. The lowest BCUT2D eigenvalue weighted by Gasteiger charge is -2.49. The molecule has 5 rings (SSSR count). The van der Waals surface area contributed by atoms with E-state index in [1.54, 1.807) is 11.3 Å². The first-order valence-corrected chi connectivity index (χ1v) is 12.2. The highest BCUT2D eigenvalue weighted by Gasteiger charge is 2.43. The molecule has 3 fully saturated rings. The van der Waals surface area contributed by atoms with E-state index < -0.39 is 0 Å². The van der Waals surface area contributed by atoms with E-state index in [4.69, 9.17) is 4.74 Å². The standard InChI is InChI=1S/C24H31N3O2S/c28-23(20-7-17-30-19-20)27-10-8-24(9-11-27)18-22(6-16-29-24)26-14-12-25(13-15-26)21-4-2-1-3-5-21/h1-5,7,17,19,22H,6,8-16,18H2/t22-/m0/s1. The third-order valence-electron chi connectivity index (χ3n) is 7.15. The lowest BCUT2D eigenvalue weighted by molar-refractivity contribution is -0.130. The van der Waals surface area contributed by atoms with E-state index in [0.717, 1.165) is 77.1 Å². The molecule has 3 aliphatic heterocycles. The maximum absolute atomic E-state index is 12.7. The molecule has 1 spiro atoms. The van der Waals surface area contributed by atoms with Crippen molar-refractivity contribution in [3.63, 3.8) is 0 Å². The van der Waals surface area contributed by atoms with Crippen LogP contribution in [-0.4, -0.2) is 73.2 Å². The summed E-state index contributed by atoms with van der Waals surface area (Å²) in [5.41, 5.74) is 2.13. The van der Waals surface area contributed by atoms with Gasteiger partial charge in [0.1, 0.15) is 0 Å². The number of nitrogens with zero attached hydrogens (tertiary/aromatic N) is 3. The molecule has 5 nitrogen and oxygen atoms in total. The fourth-order valence-electron chi connectivity index (χ4n) is 5.33. The average Bonchev–Trinajstić information content (AvgIpc) is 3.35. The van der Waals surface area contributed by atoms with Crippen molar-refractivity contribution in [2.24, 2.45) is 0 Å². The van der Waals surface area contributed by atoms with Crippen LogP contribution in [0.4, 0.5) is 5.69 Å². The molecule has 1 aromatic carbocycles. The minimum atomic E-state index is -0.0368. The van der Waals surface area contributed by atoms with Crippen molar-refractivity contribution < 1.29 is 9.53 Å². The van der Waals surface area contributed by atoms with Crippen molar-refractivity contribution in [3.8, 4) is 0 Å². The molecule has 3 saturated heterocycles. The van der Waals surface area contributed by atoms with Crippen molar-refractivity contribution in [2.75, 3.05) is 50.8 Å². The highest BCUT2D eigenvalue weighted by Crippen LogP contribution is 2.37. The highest BCUT2D eigenvalue weighted by molar-refractivity contribution is 7.08.